The lowest BCUT2D eigenvalue weighted by molar-refractivity contribution is 0.627. The lowest BCUT2D eigenvalue weighted by atomic mass is 10.1. The molecule has 3 aromatic heterocycles. The van der Waals surface area contributed by atoms with E-state index in [4.69, 9.17) is 0 Å². The SMILES string of the molecule is Fc1c(Br)c(-c2cccs2)c2nsnc2c1-c1cccs1. The molecule has 0 unspecified atom stereocenters. The van der Waals surface area contributed by atoms with Gasteiger partial charge in [-0.15, -0.1) is 22.7 Å². The molecule has 2 nitrogen and oxygen atoms in total. The maximum absolute atomic E-state index is 14.9. The van der Waals surface area contributed by atoms with Crippen molar-refractivity contribution in [1.82, 2.24) is 8.75 Å². The first-order valence-electron chi connectivity index (χ1n) is 5.98. The molecule has 0 aliphatic rings. The van der Waals surface area contributed by atoms with Gasteiger partial charge in [0.1, 0.15) is 16.9 Å². The van der Waals surface area contributed by atoms with Crippen molar-refractivity contribution in [3.63, 3.8) is 0 Å². The van der Waals surface area contributed by atoms with E-state index >= 15 is 0 Å². The van der Waals surface area contributed by atoms with Gasteiger partial charge in [-0.05, 0) is 38.8 Å². The molecule has 0 saturated heterocycles. The molecule has 0 spiro atoms. The van der Waals surface area contributed by atoms with Crippen molar-refractivity contribution in [3.8, 4) is 20.9 Å². The molecular weight excluding hydrogens is 391 g/mol. The molecule has 0 aliphatic carbocycles. The maximum atomic E-state index is 14.9. The highest BCUT2D eigenvalue weighted by molar-refractivity contribution is 9.10. The van der Waals surface area contributed by atoms with E-state index in [0.29, 0.717) is 15.6 Å². The van der Waals surface area contributed by atoms with Gasteiger partial charge in [-0.25, -0.2) is 4.39 Å². The molecule has 21 heavy (non-hydrogen) atoms. The van der Waals surface area contributed by atoms with Crippen molar-refractivity contribution in [1.29, 1.82) is 0 Å². The van der Waals surface area contributed by atoms with E-state index in [2.05, 4.69) is 24.7 Å². The third kappa shape index (κ3) is 2.07. The van der Waals surface area contributed by atoms with Crippen LogP contribution >= 0.6 is 50.3 Å². The van der Waals surface area contributed by atoms with Crippen LogP contribution in [0.4, 0.5) is 4.39 Å². The predicted octanol–water partition coefficient (Wildman–Crippen LogP) is 6.05. The lowest BCUT2D eigenvalue weighted by Gasteiger charge is -2.09. The predicted molar refractivity (Wildman–Crippen MR) is 91.7 cm³/mol. The lowest BCUT2D eigenvalue weighted by Crippen LogP contribution is -1.91. The van der Waals surface area contributed by atoms with Crippen LogP contribution in [0.25, 0.3) is 31.9 Å². The summed E-state index contributed by atoms with van der Waals surface area (Å²) < 4.78 is 24.1. The van der Waals surface area contributed by atoms with Gasteiger partial charge in [0.25, 0.3) is 0 Å². The fourth-order valence-corrected chi connectivity index (χ4v) is 5.07. The Morgan fingerprint density at radius 3 is 2.05 bits per heavy atom. The van der Waals surface area contributed by atoms with Gasteiger partial charge in [0.05, 0.1) is 21.8 Å². The summed E-state index contributed by atoms with van der Waals surface area (Å²) in [5, 5.41) is 3.90. The molecule has 0 bridgehead atoms. The monoisotopic (exact) mass is 396 g/mol. The van der Waals surface area contributed by atoms with Gasteiger partial charge in [0.2, 0.25) is 0 Å². The molecule has 0 atom stereocenters. The Labute approximate surface area is 140 Å². The van der Waals surface area contributed by atoms with E-state index in [1.165, 1.54) is 11.3 Å². The fourth-order valence-electron chi connectivity index (χ4n) is 2.24. The molecule has 7 heteroatoms. The summed E-state index contributed by atoms with van der Waals surface area (Å²) in [6.45, 7) is 0. The molecule has 3 heterocycles. The highest BCUT2D eigenvalue weighted by atomic mass is 79.9. The molecule has 0 aliphatic heterocycles. The van der Waals surface area contributed by atoms with E-state index < -0.39 is 0 Å². The van der Waals surface area contributed by atoms with Crippen LogP contribution in [0.2, 0.25) is 0 Å². The van der Waals surface area contributed by atoms with E-state index in [-0.39, 0.29) is 5.82 Å². The van der Waals surface area contributed by atoms with Crippen LogP contribution < -0.4 is 0 Å². The first kappa shape index (κ1) is 13.5. The van der Waals surface area contributed by atoms with Gasteiger partial charge in [-0.3, -0.25) is 0 Å². The Balaban J connectivity index is 2.14. The summed E-state index contributed by atoms with van der Waals surface area (Å²) in [6.07, 6.45) is 0. The Bertz CT molecular complexity index is 839. The number of nitrogens with zero attached hydrogens (tertiary/aromatic N) is 2. The van der Waals surface area contributed by atoms with E-state index in [9.17, 15) is 4.39 Å². The Morgan fingerprint density at radius 1 is 0.905 bits per heavy atom. The first-order chi connectivity index (χ1) is 10.3. The van der Waals surface area contributed by atoms with Gasteiger partial charge < -0.3 is 0 Å². The summed E-state index contributed by atoms with van der Waals surface area (Å²) >= 11 is 7.59. The highest BCUT2D eigenvalue weighted by Crippen LogP contribution is 2.44. The van der Waals surface area contributed by atoms with Crippen LogP contribution in [-0.2, 0) is 0 Å². The summed E-state index contributed by atoms with van der Waals surface area (Å²) in [4.78, 5) is 1.85. The third-order valence-corrected chi connectivity index (χ3v) is 6.18. The second kappa shape index (κ2) is 5.24. The second-order valence-corrected chi connectivity index (χ2v) is 7.51. The van der Waals surface area contributed by atoms with Crippen LogP contribution in [0.15, 0.2) is 39.5 Å². The van der Waals surface area contributed by atoms with Crippen molar-refractivity contribution in [2.75, 3.05) is 0 Å². The Hall–Kier alpha value is -1.15. The number of hydrogen-bond donors (Lipinski definition) is 0. The smallest absolute Gasteiger partial charge is 0.149 e. The van der Waals surface area contributed by atoms with Crippen molar-refractivity contribution >= 4 is 61.4 Å². The number of halogens is 2. The largest absolute Gasteiger partial charge is 0.205 e. The van der Waals surface area contributed by atoms with Gasteiger partial charge in [0.15, 0.2) is 0 Å². The average molecular weight is 397 g/mol. The quantitative estimate of drug-likeness (QED) is 0.412. The zero-order valence-electron chi connectivity index (χ0n) is 10.3. The molecule has 0 fully saturated rings. The standard InChI is InChI=1S/C14H6BrFN2S3/c15-11-9(7-3-1-5-19-7)13-14(18-21-17-13)10(12(11)16)8-4-2-6-20-8/h1-6H. The van der Waals surface area contributed by atoms with Crippen LogP contribution in [0, 0.1) is 5.82 Å². The van der Waals surface area contributed by atoms with Crippen LogP contribution in [0.1, 0.15) is 0 Å². The molecule has 4 rings (SSSR count). The minimum Gasteiger partial charge on any atom is -0.205 e. The molecule has 0 N–H and O–H groups in total. The van der Waals surface area contributed by atoms with Gasteiger partial charge in [-0.2, -0.15) is 8.75 Å². The van der Waals surface area contributed by atoms with Crippen LogP contribution in [-0.4, -0.2) is 8.75 Å². The summed E-state index contributed by atoms with van der Waals surface area (Å²) in [5.41, 5.74) is 2.69. The van der Waals surface area contributed by atoms with Crippen molar-refractivity contribution in [2.45, 2.75) is 0 Å². The second-order valence-electron chi connectivity index (χ2n) is 4.29. The number of rotatable bonds is 2. The number of thiophene rings is 2. The minimum absolute atomic E-state index is 0.277. The average Bonchev–Trinajstić information content (AvgIpc) is 3.21. The third-order valence-electron chi connectivity index (χ3n) is 3.13. The zero-order chi connectivity index (χ0) is 14.4. The van der Waals surface area contributed by atoms with E-state index in [1.54, 1.807) is 11.3 Å². The Kier molecular flexibility index (Phi) is 3.37. The Morgan fingerprint density at radius 2 is 1.48 bits per heavy atom. The van der Waals surface area contributed by atoms with Crippen LogP contribution in [0.3, 0.4) is 0 Å². The van der Waals surface area contributed by atoms with Crippen molar-refractivity contribution in [2.24, 2.45) is 0 Å². The number of aromatic nitrogens is 2. The van der Waals surface area contributed by atoms with Crippen molar-refractivity contribution < 1.29 is 4.39 Å². The molecule has 0 saturated carbocycles. The first-order valence-corrected chi connectivity index (χ1v) is 9.26. The zero-order valence-corrected chi connectivity index (χ0v) is 14.4. The molecular formula is C14H6BrFN2S3. The number of hydrogen-bond acceptors (Lipinski definition) is 5. The normalized spacial score (nSPS) is 11.3. The van der Waals surface area contributed by atoms with E-state index in [0.717, 1.165) is 32.6 Å². The molecule has 4 aromatic rings. The van der Waals surface area contributed by atoms with Crippen LogP contribution in [0.5, 0.6) is 0 Å². The van der Waals surface area contributed by atoms with Crippen molar-refractivity contribution in [3.05, 3.63) is 45.3 Å². The van der Waals surface area contributed by atoms with Gasteiger partial charge in [0, 0.05) is 15.3 Å². The molecule has 104 valence electrons. The number of benzene rings is 1. The van der Waals surface area contributed by atoms with Gasteiger partial charge >= 0.3 is 0 Å². The molecule has 1 aromatic carbocycles. The topological polar surface area (TPSA) is 25.8 Å². The summed E-state index contributed by atoms with van der Waals surface area (Å²) in [7, 11) is 0. The summed E-state index contributed by atoms with van der Waals surface area (Å²) in [6, 6.07) is 7.72. The number of fused-ring (bicyclic) bond motifs is 1. The molecule has 0 radical (unpaired) electrons. The minimum atomic E-state index is -0.277. The summed E-state index contributed by atoms with van der Waals surface area (Å²) in [5.74, 6) is -0.277. The fraction of sp³-hybridized carbons (Fsp3) is 0. The van der Waals surface area contributed by atoms with E-state index in [1.807, 2.05) is 35.0 Å². The van der Waals surface area contributed by atoms with Gasteiger partial charge in [-0.1, -0.05) is 12.1 Å². The molecule has 0 amide bonds. The maximum Gasteiger partial charge on any atom is 0.149 e. The highest BCUT2D eigenvalue weighted by Gasteiger charge is 2.24.